The maximum atomic E-state index is 6.03. The number of piperidine rings is 1. The van der Waals surface area contributed by atoms with E-state index in [0.29, 0.717) is 24.1 Å². The lowest BCUT2D eigenvalue weighted by molar-refractivity contribution is 0.203. The third-order valence-corrected chi connectivity index (χ3v) is 6.74. The Kier molecular flexibility index (Phi) is 8.01. The van der Waals surface area contributed by atoms with E-state index in [-0.39, 0.29) is 0 Å². The van der Waals surface area contributed by atoms with Crippen LogP contribution in [0.3, 0.4) is 0 Å². The molecule has 0 atom stereocenters. The Morgan fingerprint density at radius 3 is 2.62 bits per heavy atom. The van der Waals surface area contributed by atoms with E-state index in [0.717, 1.165) is 30.1 Å². The molecule has 0 radical (unpaired) electrons. The minimum atomic E-state index is 0.500. The van der Waals surface area contributed by atoms with Crippen molar-refractivity contribution in [3.05, 3.63) is 72.4 Å². The van der Waals surface area contributed by atoms with Gasteiger partial charge in [-0.15, -0.1) is 0 Å². The number of benzene rings is 3. The molecule has 4 aromatic rings. The molecule has 0 unspecified atom stereocenters. The molecule has 0 amide bonds. The van der Waals surface area contributed by atoms with Gasteiger partial charge in [0.05, 0.1) is 13.7 Å². The quantitative estimate of drug-likeness (QED) is 0.237. The molecular weight excluding hydrogens is 462 g/mol. The number of ether oxygens (including phenoxy) is 2. The second-order valence-corrected chi connectivity index (χ2v) is 9.50. The molecule has 1 aliphatic heterocycles. The van der Waals surface area contributed by atoms with Gasteiger partial charge < -0.3 is 25.0 Å². The van der Waals surface area contributed by atoms with Crippen LogP contribution in [0.1, 0.15) is 31.2 Å². The van der Waals surface area contributed by atoms with Crippen molar-refractivity contribution >= 4 is 33.9 Å². The second-order valence-electron chi connectivity index (χ2n) is 9.50. The largest absolute Gasteiger partial charge is 0.493 e. The van der Waals surface area contributed by atoms with Gasteiger partial charge >= 0.3 is 0 Å². The summed E-state index contributed by atoms with van der Waals surface area (Å²) in [4.78, 5) is 11.6. The Balaban J connectivity index is 1.20. The van der Waals surface area contributed by atoms with Crippen molar-refractivity contribution in [2.75, 3.05) is 44.0 Å². The van der Waals surface area contributed by atoms with E-state index in [1.807, 2.05) is 24.3 Å². The first-order chi connectivity index (χ1) is 18.2. The Labute approximate surface area is 218 Å². The van der Waals surface area contributed by atoms with Crippen molar-refractivity contribution in [2.45, 2.75) is 32.6 Å². The first-order valence-corrected chi connectivity index (χ1v) is 13.1. The van der Waals surface area contributed by atoms with Crippen molar-refractivity contribution in [3.8, 4) is 11.5 Å². The zero-order chi connectivity index (χ0) is 25.5. The average molecular weight is 498 g/mol. The molecule has 2 N–H and O–H groups in total. The number of fused-ring (bicyclic) bond motifs is 1. The summed E-state index contributed by atoms with van der Waals surface area (Å²) in [5.74, 6) is 2.64. The molecule has 0 aliphatic carbocycles. The Morgan fingerprint density at radius 1 is 0.892 bits per heavy atom. The number of hydrogen-bond donors (Lipinski definition) is 2. The van der Waals surface area contributed by atoms with Crippen molar-refractivity contribution in [1.29, 1.82) is 0 Å². The van der Waals surface area contributed by atoms with Crippen LogP contribution in [-0.2, 0) is 0 Å². The Bertz CT molecular complexity index is 1340. The van der Waals surface area contributed by atoms with Gasteiger partial charge in [-0.1, -0.05) is 30.7 Å². The van der Waals surface area contributed by atoms with E-state index in [2.05, 4.69) is 68.8 Å². The lowest BCUT2D eigenvalue weighted by Crippen LogP contribution is -2.31. The van der Waals surface area contributed by atoms with Crippen LogP contribution >= 0.6 is 0 Å². The lowest BCUT2D eigenvalue weighted by atomic mass is 10.0. The molecule has 1 fully saturated rings. The molecule has 7 nitrogen and oxygen atoms in total. The summed E-state index contributed by atoms with van der Waals surface area (Å²) in [5.41, 5.74) is 3.04. The SMILES string of the molecule is COc1cc(Nc2nccc(Nc3cc(C)c4ccccc4c3)n2)ccc1OCCCN1CCCCC1. The van der Waals surface area contributed by atoms with Crippen LogP contribution in [0.5, 0.6) is 11.5 Å². The van der Waals surface area contributed by atoms with Gasteiger partial charge in [0.1, 0.15) is 5.82 Å². The fourth-order valence-electron chi connectivity index (χ4n) is 4.86. The van der Waals surface area contributed by atoms with Crippen LogP contribution in [0.4, 0.5) is 23.1 Å². The molecule has 2 heterocycles. The molecular formula is C30H35N5O2. The minimum absolute atomic E-state index is 0.500. The van der Waals surface area contributed by atoms with Crippen LogP contribution in [0, 0.1) is 6.92 Å². The highest BCUT2D eigenvalue weighted by molar-refractivity contribution is 5.89. The van der Waals surface area contributed by atoms with Crippen LogP contribution in [0.15, 0.2) is 66.9 Å². The first kappa shape index (κ1) is 24.8. The first-order valence-electron chi connectivity index (χ1n) is 13.1. The fourth-order valence-corrected chi connectivity index (χ4v) is 4.86. The third kappa shape index (κ3) is 6.49. The van der Waals surface area contributed by atoms with Gasteiger partial charge in [0.2, 0.25) is 5.95 Å². The van der Waals surface area contributed by atoms with Crippen LogP contribution in [0.2, 0.25) is 0 Å². The summed E-state index contributed by atoms with van der Waals surface area (Å²) in [5, 5.41) is 9.13. The standard InChI is InChI=1S/C30H35N5O2/c1-22-19-25(20-23-9-4-5-10-26(22)23)32-29-13-14-31-30(34-29)33-24-11-12-27(28(21-24)36-2)37-18-8-17-35-15-6-3-7-16-35/h4-5,9-14,19-21H,3,6-8,15-18H2,1-2H3,(H2,31,32,33,34). The summed E-state index contributed by atoms with van der Waals surface area (Å²) < 4.78 is 11.6. The average Bonchev–Trinajstić information content (AvgIpc) is 2.92. The van der Waals surface area contributed by atoms with E-state index in [1.54, 1.807) is 13.3 Å². The fraction of sp³-hybridized carbons (Fsp3) is 0.333. The summed E-state index contributed by atoms with van der Waals surface area (Å²) in [7, 11) is 1.66. The van der Waals surface area contributed by atoms with Crippen LogP contribution < -0.4 is 20.1 Å². The third-order valence-electron chi connectivity index (χ3n) is 6.74. The summed E-state index contributed by atoms with van der Waals surface area (Å²) >= 11 is 0. The minimum Gasteiger partial charge on any atom is -0.493 e. The number of hydrogen-bond acceptors (Lipinski definition) is 7. The van der Waals surface area contributed by atoms with Gasteiger partial charge in [0, 0.05) is 30.2 Å². The van der Waals surface area contributed by atoms with Crippen molar-refractivity contribution in [3.63, 3.8) is 0 Å². The number of aryl methyl sites for hydroxylation is 1. The normalized spacial score (nSPS) is 13.9. The number of aromatic nitrogens is 2. The number of nitrogens with one attached hydrogen (secondary N) is 2. The van der Waals surface area contributed by atoms with E-state index in [4.69, 9.17) is 9.47 Å². The highest BCUT2D eigenvalue weighted by Crippen LogP contribution is 2.31. The van der Waals surface area contributed by atoms with Crippen LogP contribution in [0.25, 0.3) is 10.8 Å². The molecule has 37 heavy (non-hydrogen) atoms. The Hall–Kier alpha value is -3.84. The lowest BCUT2D eigenvalue weighted by Gasteiger charge is -2.26. The highest BCUT2D eigenvalue weighted by atomic mass is 16.5. The van der Waals surface area contributed by atoms with Gasteiger partial charge in [0.15, 0.2) is 11.5 Å². The molecule has 1 aromatic heterocycles. The molecule has 192 valence electrons. The van der Waals surface area contributed by atoms with Crippen molar-refractivity contribution in [1.82, 2.24) is 14.9 Å². The predicted molar refractivity (Wildman–Crippen MR) is 151 cm³/mol. The number of rotatable bonds is 10. The van der Waals surface area contributed by atoms with Crippen molar-refractivity contribution in [2.24, 2.45) is 0 Å². The van der Waals surface area contributed by atoms with Gasteiger partial charge in [-0.2, -0.15) is 4.98 Å². The molecule has 1 saturated heterocycles. The number of anilines is 4. The maximum Gasteiger partial charge on any atom is 0.229 e. The van der Waals surface area contributed by atoms with Gasteiger partial charge in [-0.3, -0.25) is 0 Å². The van der Waals surface area contributed by atoms with Gasteiger partial charge in [-0.25, -0.2) is 4.98 Å². The molecule has 3 aromatic carbocycles. The smallest absolute Gasteiger partial charge is 0.229 e. The zero-order valence-corrected chi connectivity index (χ0v) is 21.7. The van der Waals surface area contributed by atoms with Crippen molar-refractivity contribution < 1.29 is 9.47 Å². The molecule has 0 bridgehead atoms. The predicted octanol–water partition coefficient (Wildman–Crippen LogP) is 6.69. The monoisotopic (exact) mass is 497 g/mol. The van der Waals surface area contributed by atoms with E-state index in [9.17, 15) is 0 Å². The number of methoxy groups -OCH3 is 1. The van der Waals surface area contributed by atoms with E-state index < -0.39 is 0 Å². The van der Waals surface area contributed by atoms with Crippen LogP contribution in [-0.4, -0.2) is 48.2 Å². The number of nitrogens with zero attached hydrogens (tertiary/aromatic N) is 3. The topological polar surface area (TPSA) is 71.5 Å². The molecule has 5 rings (SSSR count). The zero-order valence-electron chi connectivity index (χ0n) is 21.7. The van der Waals surface area contributed by atoms with E-state index >= 15 is 0 Å². The molecule has 7 heteroatoms. The Morgan fingerprint density at radius 2 is 1.76 bits per heavy atom. The van der Waals surface area contributed by atoms with Gasteiger partial charge in [-0.05, 0) is 85.9 Å². The highest BCUT2D eigenvalue weighted by Gasteiger charge is 2.11. The molecule has 1 aliphatic rings. The maximum absolute atomic E-state index is 6.03. The summed E-state index contributed by atoms with van der Waals surface area (Å²) in [6.45, 7) is 6.30. The second kappa shape index (κ2) is 11.9. The van der Waals surface area contributed by atoms with E-state index in [1.165, 1.54) is 48.7 Å². The van der Waals surface area contributed by atoms with Gasteiger partial charge in [0.25, 0.3) is 0 Å². The molecule has 0 spiro atoms. The number of likely N-dealkylation sites (tertiary alicyclic amines) is 1. The molecule has 0 saturated carbocycles. The summed E-state index contributed by atoms with van der Waals surface area (Å²) in [6.07, 6.45) is 6.74. The summed E-state index contributed by atoms with van der Waals surface area (Å²) in [6, 6.07) is 20.3.